The van der Waals surface area contributed by atoms with E-state index in [4.69, 9.17) is 0 Å². The van der Waals surface area contributed by atoms with E-state index in [-0.39, 0.29) is 5.91 Å². The van der Waals surface area contributed by atoms with Gasteiger partial charge in [0.15, 0.2) is 0 Å². The van der Waals surface area contributed by atoms with Crippen LogP contribution in [0.3, 0.4) is 0 Å². The monoisotopic (exact) mass is 377 g/mol. The molecule has 0 aliphatic carbocycles. The van der Waals surface area contributed by atoms with E-state index >= 15 is 0 Å². The molecule has 0 aliphatic rings. The van der Waals surface area contributed by atoms with Crippen molar-refractivity contribution in [3.05, 3.63) is 59.4 Å². The van der Waals surface area contributed by atoms with Gasteiger partial charge in [-0.25, -0.2) is 10.4 Å². The van der Waals surface area contributed by atoms with Gasteiger partial charge in [-0.2, -0.15) is 5.10 Å². The molecule has 1 N–H and O–H groups in total. The molecule has 3 aromatic rings. The molecule has 0 saturated heterocycles. The molecule has 6 nitrogen and oxygen atoms in total. The molecule has 1 aromatic heterocycles. The first kappa shape index (κ1) is 19.6. The lowest BCUT2D eigenvalue weighted by molar-refractivity contribution is 0.0955. The second-order valence-electron chi connectivity index (χ2n) is 6.57. The van der Waals surface area contributed by atoms with Crippen molar-refractivity contribution in [1.82, 2.24) is 15.0 Å². The summed E-state index contributed by atoms with van der Waals surface area (Å²) in [5, 5.41) is 4.09. The first-order chi connectivity index (χ1) is 13.6. The molecule has 0 aliphatic heterocycles. The summed E-state index contributed by atoms with van der Waals surface area (Å²) in [6.07, 6.45) is 1.65. The quantitative estimate of drug-likeness (QED) is 0.500. The number of aryl methyl sites for hydroxylation is 2. The molecule has 0 radical (unpaired) electrons. The Kier molecular flexibility index (Phi) is 6.09. The number of carbonyl (C=O) groups is 1. The molecule has 146 valence electrons. The van der Waals surface area contributed by atoms with Crippen LogP contribution in [0.5, 0.6) is 0 Å². The van der Waals surface area contributed by atoms with Crippen molar-refractivity contribution < 1.29 is 4.79 Å². The van der Waals surface area contributed by atoms with E-state index in [0.29, 0.717) is 5.56 Å². The lowest BCUT2D eigenvalue weighted by Crippen LogP contribution is -2.21. The van der Waals surface area contributed by atoms with E-state index in [0.717, 1.165) is 42.1 Å². The van der Waals surface area contributed by atoms with Gasteiger partial charge in [0.1, 0.15) is 5.82 Å². The Bertz CT molecular complexity index is 984. The minimum absolute atomic E-state index is 0.249. The van der Waals surface area contributed by atoms with Crippen LogP contribution in [0, 0.1) is 6.92 Å². The number of anilines is 1. The molecule has 0 saturated carbocycles. The summed E-state index contributed by atoms with van der Waals surface area (Å²) in [5.41, 5.74) is 7.11. The summed E-state index contributed by atoms with van der Waals surface area (Å²) in [6.45, 7) is 11.1. The number of hydrazone groups is 1. The zero-order valence-corrected chi connectivity index (χ0v) is 16.9. The summed E-state index contributed by atoms with van der Waals surface area (Å²) in [4.78, 5) is 19.2. The van der Waals surface area contributed by atoms with E-state index in [2.05, 4.69) is 57.9 Å². The summed E-state index contributed by atoms with van der Waals surface area (Å²) in [6, 6.07) is 13.7. The van der Waals surface area contributed by atoms with Crippen molar-refractivity contribution >= 4 is 28.8 Å². The lowest BCUT2D eigenvalue weighted by atomic mass is 10.2. The van der Waals surface area contributed by atoms with Gasteiger partial charge >= 0.3 is 0 Å². The SMILES string of the molecule is CCN(CC)c1ccc(/C=N\NC(=O)c2ccc3c(c2)nc(C)n3CC)cc1. The lowest BCUT2D eigenvalue weighted by Gasteiger charge is -2.20. The van der Waals surface area contributed by atoms with E-state index in [1.54, 1.807) is 18.3 Å². The molecule has 0 fully saturated rings. The molecular formula is C22H27N5O. The van der Waals surface area contributed by atoms with Crippen LogP contribution in [0.15, 0.2) is 47.6 Å². The molecule has 28 heavy (non-hydrogen) atoms. The van der Waals surface area contributed by atoms with Crippen molar-refractivity contribution in [2.75, 3.05) is 18.0 Å². The normalized spacial score (nSPS) is 11.3. The average Bonchev–Trinajstić information content (AvgIpc) is 3.04. The number of benzene rings is 2. The second-order valence-corrected chi connectivity index (χ2v) is 6.57. The predicted octanol–water partition coefficient (Wildman–Crippen LogP) is 3.97. The Labute approximate surface area is 165 Å². The van der Waals surface area contributed by atoms with Gasteiger partial charge in [0.05, 0.1) is 17.2 Å². The number of fused-ring (bicyclic) bond motifs is 1. The largest absolute Gasteiger partial charge is 0.372 e. The number of nitrogens with zero attached hydrogens (tertiary/aromatic N) is 4. The number of hydrogen-bond donors (Lipinski definition) is 1. The number of carbonyl (C=O) groups excluding carboxylic acids is 1. The van der Waals surface area contributed by atoms with Crippen LogP contribution in [0.2, 0.25) is 0 Å². The average molecular weight is 377 g/mol. The van der Waals surface area contributed by atoms with Crippen LogP contribution < -0.4 is 10.3 Å². The smallest absolute Gasteiger partial charge is 0.271 e. The van der Waals surface area contributed by atoms with Gasteiger partial charge < -0.3 is 9.47 Å². The fraction of sp³-hybridized carbons (Fsp3) is 0.318. The maximum absolute atomic E-state index is 12.4. The molecule has 1 heterocycles. The molecule has 0 bridgehead atoms. The van der Waals surface area contributed by atoms with Crippen LogP contribution in [-0.2, 0) is 6.54 Å². The Balaban J connectivity index is 1.67. The second kappa shape index (κ2) is 8.69. The van der Waals surface area contributed by atoms with Gasteiger partial charge in [-0.1, -0.05) is 12.1 Å². The molecular weight excluding hydrogens is 350 g/mol. The van der Waals surface area contributed by atoms with E-state index in [1.165, 1.54) is 5.69 Å². The number of hydrogen-bond acceptors (Lipinski definition) is 4. The van der Waals surface area contributed by atoms with Crippen molar-refractivity contribution in [3.63, 3.8) is 0 Å². The fourth-order valence-corrected chi connectivity index (χ4v) is 3.38. The summed E-state index contributed by atoms with van der Waals surface area (Å²) < 4.78 is 2.12. The molecule has 0 spiro atoms. The maximum atomic E-state index is 12.4. The standard InChI is InChI=1S/C22H27N5O/c1-5-26(6-2)19-11-8-17(9-12-19)15-23-25-22(28)18-10-13-21-20(14-18)24-16(4)27(21)7-3/h8-15H,5-7H2,1-4H3,(H,25,28)/b23-15-. The number of amides is 1. The van der Waals surface area contributed by atoms with E-state index in [1.807, 2.05) is 25.1 Å². The van der Waals surface area contributed by atoms with Crippen LogP contribution in [0.25, 0.3) is 11.0 Å². The number of imidazole rings is 1. The highest BCUT2D eigenvalue weighted by Crippen LogP contribution is 2.18. The highest BCUT2D eigenvalue weighted by molar-refractivity contribution is 5.98. The number of rotatable bonds is 7. The zero-order chi connectivity index (χ0) is 20.1. The first-order valence-corrected chi connectivity index (χ1v) is 9.72. The van der Waals surface area contributed by atoms with Crippen LogP contribution in [0.4, 0.5) is 5.69 Å². The van der Waals surface area contributed by atoms with Crippen molar-refractivity contribution in [2.24, 2.45) is 5.10 Å². The van der Waals surface area contributed by atoms with Crippen LogP contribution in [0.1, 0.15) is 42.5 Å². The Morgan fingerprint density at radius 1 is 1.14 bits per heavy atom. The van der Waals surface area contributed by atoms with Crippen molar-refractivity contribution in [3.8, 4) is 0 Å². The zero-order valence-electron chi connectivity index (χ0n) is 16.9. The molecule has 3 rings (SSSR count). The highest BCUT2D eigenvalue weighted by Gasteiger charge is 2.10. The van der Waals surface area contributed by atoms with Gasteiger partial charge in [-0.3, -0.25) is 4.79 Å². The van der Waals surface area contributed by atoms with E-state index < -0.39 is 0 Å². The highest BCUT2D eigenvalue weighted by atomic mass is 16.2. The maximum Gasteiger partial charge on any atom is 0.271 e. The van der Waals surface area contributed by atoms with Gasteiger partial charge in [-0.05, 0) is 63.6 Å². The third-order valence-electron chi connectivity index (χ3n) is 4.92. The van der Waals surface area contributed by atoms with Gasteiger partial charge in [0, 0.05) is 30.9 Å². The van der Waals surface area contributed by atoms with Gasteiger partial charge in [0.2, 0.25) is 0 Å². The van der Waals surface area contributed by atoms with Crippen molar-refractivity contribution in [1.29, 1.82) is 0 Å². The number of nitrogens with one attached hydrogen (secondary N) is 1. The Morgan fingerprint density at radius 3 is 2.50 bits per heavy atom. The van der Waals surface area contributed by atoms with Crippen LogP contribution >= 0.6 is 0 Å². The van der Waals surface area contributed by atoms with Gasteiger partial charge in [-0.15, -0.1) is 0 Å². The summed E-state index contributed by atoms with van der Waals surface area (Å²) >= 11 is 0. The van der Waals surface area contributed by atoms with Gasteiger partial charge in [0.25, 0.3) is 5.91 Å². The molecule has 0 unspecified atom stereocenters. The third kappa shape index (κ3) is 4.06. The molecule has 2 aromatic carbocycles. The summed E-state index contributed by atoms with van der Waals surface area (Å²) in [7, 11) is 0. The Morgan fingerprint density at radius 2 is 1.86 bits per heavy atom. The minimum atomic E-state index is -0.249. The molecule has 6 heteroatoms. The Hall–Kier alpha value is -3.15. The van der Waals surface area contributed by atoms with Crippen LogP contribution in [-0.4, -0.2) is 34.8 Å². The molecule has 1 amide bonds. The first-order valence-electron chi connectivity index (χ1n) is 9.72. The minimum Gasteiger partial charge on any atom is -0.372 e. The molecule has 0 atom stereocenters. The third-order valence-corrected chi connectivity index (χ3v) is 4.92. The topological polar surface area (TPSA) is 62.5 Å². The fourth-order valence-electron chi connectivity index (χ4n) is 3.38. The predicted molar refractivity (Wildman–Crippen MR) is 115 cm³/mol. The van der Waals surface area contributed by atoms with Crippen molar-refractivity contribution in [2.45, 2.75) is 34.2 Å². The number of aromatic nitrogens is 2. The van der Waals surface area contributed by atoms with E-state index in [9.17, 15) is 4.79 Å². The summed E-state index contributed by atoms with van der Waals surface area (Å²) in [5.74, 6) is 0.697.